The first-order chi connectivity index (χ1) is 16.2. The van der Waals surface area contributed by atoms with E-state index in [0.717, 1.165) is 12.0 Å². The van der Waals surface area contributed by atoms with E-state index in [2.05, 4.69) is 10.6 Å². The molecule has 0 saturated carbocycles. The average molecular weight is 489 g/mol. The molecule has 1 aromatic rings. The number of cyclic esters (lactones) is 1. The maximum Gasteiger partial charge on any atom is 0.329 e. The summed E-state index contributed by atoms with van der Waals surface area (Å²) in [4.78, 5) is 51.3. The molecular formula is C27H40N2O6. The Morgan fingerprint density at radius 1 is 0.971 bits per heavy atom. The van der Waals surface area contributed by atoms with Crippen molar-refractivity contribution in [3.8, 4) is 0 Å². The summed E-state index contributed by atoms with van der Waals surface area (Å²) in [6, 6.07) is 7.39. The number of nitrogens with one attached hydrogen (secondary N) is 2. The maximum absolute atomic E-state index is 13.4. The van der Waals surface area contributed by atoms with E-state index in [1.54, 1.807) is 0 Å². The van der Waals surface area contributed by atoms with E-state index in [-0.39, 0.29) is 12.5 Å². The van der Waals surface area contributed by atoms with Crippen LogP contribution in [0, 0.1) is 22.7 Å². The number of rotatable bonds is 9. The van der Waals surface area contributed by atoms with Gasteiger partial charge in [0.1, 0.15) is 24.6 Å². The van der Waals surface area contributed by atoms with Gasteiger partial charge >= 0.3 is 11.9 Å². The van der Waals surface area contributed by atoms with Crippen molar-refractivity contribution in [2.45, 2.75) is 86.6 Å². The van der Waals surface area contributed by atoms with Gasteiger partial charge in [-0.3, -0.25) is 14.4 Å². The largest absolute Gasteiger partial charge is 0.459 e. The molecular weight excluding hydrogens is 448 g/mol. The van der Waals surface area contributed by atoms with Crippen LogP contribution in [0.4, 0.5) is 0 Å². The number of hydrogen-bond acceptors (Lipinski definition) is 6. The SMILES string of the molecule is CC[C@H](C)[C@@H]1C(=O)O[C@H]1C(=O)N[C@H](C(=O)N[C@H](C(=O)OCc1ccccc1)C(C)(C)C)C(C)(C)C. The molecule has 1 aliphatic heterocycles. The van der Waals surface area contributed by atoms with E-state index >= 15 is 0 Å². The monoisotopic (exact) mass is 488 g/mol. The van der Waals surface area contributed by atoms with E-state index in [4.69, 9.17) is 9.47 Å². The van der Waals surface area contributed by atoms with E-state index < -0.39 is 58.7 Å². The summed E-state index contributed by atoms with van der Waals surface area (Å²) in [6.45, 7) is 14.9. The molecule has 1 heterocycles. The minimum Gasteiger partial charge on any atom is -0.459 e. The van der Waals surface area contributed by atoms with Crippen molar-refractivity contribution < 1.29 is 28.7 Å². The first-order valence-corrected chi connectivity index (χ1v) is 12.2. The highest BCUT2D eigenvalue weighted by molar-refractivity contribution is 5.97. The quantitative estimate of drug-likeness (QED) is 0.516. The first kappa shape index (κ1) is 28.3. The molecule has 2 rings (SSSR count). The van der Waals surface area contributed by atoms with Gasteiger partial charge in [-0.25, -0.2) is 4.79 Å². The van der Waals surface area contributed by atoms with E-state index in [1.807, 2.05) is 85.7 Å². The summed E-state index contributed by atoms with van der Waals surface area (Å²) < 4.78 is 10.6. The van der Waals surface area contributed by atoms with Crippen LogP contribution < -0.4 is 10.6 Å². The fourth-order valence-corrected chi connectivity index (χ4v) is 3.90. The van der Waals surface area contributed by atoms with Gasteiger partial charge in [0, 0.05) is 0 Å². The van der Waals surface area contributed by atoms with Gasteiger partial charge in [0.15, 0.2) is 6.10 Å². The number of carbonyl (C=O) groups excluding carboxylic acids is 4. The van der Waals surface area contributed by atoms with Crippen LogP contribution in [0.25, 0.3) is 0 Å². The van der Waals surface area contributed by atoms with Gasteiger partial charge in [0.05, 0.1) is 0 Å². The Labute approximate surface area is 208 Å². The zero-order chi connectivity index (χ0) is 26.6. The van der Waals surface area contributed by atoms with E-state index in [9.17, 15) is 19.2 Å². The number of esters is 2. The molecule has 0 aliphatic carbocycles. The molecule has 2 N–H and O–H groups in total. The topological polar surface area (TPSA) is 111 Å². The molecule has 0 aromatic heterocycles. The summed E-state index contributed by atoms with van der Waals surface area (Å²) in [5.74, 6) is -2.52. The van der Waals surface area contributed by atoms with Crippen LogP contribution in [-0.2, 0) is 35.3 Å². The van der Waals surface area contributed by atoms with Crippen LogP contribution in [-0.4, -0.2) is 41.9 Å². The Bertz CT molecular complexity index is 916. The van der Waals surface area contributed by atoms with Crippen molar-refractivity contribution in [2.75, 3.05) is 0 Å². The van der Waals surface area contributed by atoms with E-state index in [1.165, 1.54) is 0 Å². The molecule has 8 nitrogen and oxygen atoms in total. The predicted octanol–water partition coefficient (Wildman–Crippen LogP) is 3.38. The Morgan fingerprint density at radius 3 is 2.03 bits per heavy atom. The zero-order valence-corrected chi connectivity index (χ0v) is 22.1. The Hall–Kier alpha value is -2.90. The lowest BCUT2D eigenvalue weighted by Crippen LogP contribution is -2.63. The lowest BCUT2D eigenvalue weighted by Gasteiger charge is -2.40. The predicted molar refractivity (Wildman–Crippen MR) is 132 cm³/mol. The van der Waals surface area contributed by atoms with Crippen molar-refractivity contribution in [3.63, 3.8) is 0 Å². The maximum atomic E-state index is 13.4. The van der Waals surface area contributed by atoms with Crippen LogP contribution in [0.15, 0.2) is 30.3 Å². The minimum absolute atomic E-state index is 0.0152. The smallest absolute Gasteiger partial charge is 0.329 e. The fourth-order valence-electron chi connectivity index (χ4n) is 3.90. The second-order valence-corrected chi connectivity index (χ2v) is 11.5. The molecule has 0 bridgehead atoms. The lowest BCUT2D eigenvalue weighted by molar-refractivity contribution is -0.193. The minimum atomic E-state index is -0.960. The molecule has 0 unspecified atom stereocenters. The second-order valence-electron chi connectivity index (χ2n) is 11.5. The van der Waals surface area contributed by atoms with Gasteiger partial charge in [0.25, 0.3) is 5.91 Å². The zero-order valence-electron chi connectivity index (χ0n) is 22.1. The first-order valence-electron chi connectivity index (χ1n) is 12.2. The highest BCUT2D eigenvalue weighted by Gasteiger charge is 2.51. The second kappa shape index (κ2) is 11.2. The molecule has 0 radical (unpaired) electrons. The Morgan fingerprint density at radius 2 is 1.54 bits per heavy atom. The van der Waals surface area contributed by atoms with Crippen molar-refractivity contribution >= 4 is 23.8 Å². The van der Waals surface area contributed by atoms with Crippen LogP contribution >= 0.6 is 0 Å². The van der Waals surface area contributed by atoms with Gasteiger partial charge in [-0.15, -0.1) is 0 Å². The molecule has 1 aromatic carbocycles. The van der Waals surface area contributed by atoms with Crippen molar-refractivity contribution in [1.29, 1.82) is 0 Å². The molecule has 35 heavy (non-hydrogen) atoms. The van der Waals surface area contributed by atoms with Gasteiger partial charge in [-0.1, -0.05) is 92.1 Å². The molecule has 2 amide bonds. The van der Waals surface area contributed by atoms with Crippen molar-refractivity contribution in [1.82, 2.24) is 10.6 Å². The molecule has 0 spiro atoms. The van der Waals surface area contributed by atoms with Crippen LogP contribution in [0.5, 0.6) is 0 Å². The number of carbonyl (C=O) groups is 4. The number of benzene rings is 1. The number of hydrogen-bond donors (Lipinski definition) is 2. The summed E-state index contributed by atoms with van der Waals surface area (Å²) >= 11 is 0. The van der Waals surface area contributed by atoms with E-state index in [0.29, 0.717) is 0 Å². The molecule has 1 aliphatic rings. The van der Waals surface area contributed by atoms with Gasteiger partial charge in [0.2, 0.25) is 5.91 Å². The summed E-state index contributed by atoms with van der Waals surface area (Å²) in [7, 11) is 0. The fraction of sp³-hybridized carbons (Fsp3) is 0.630. The lowest BCUT2D eigenvalue weighted by atomic mass is 9.81. The highest BCUT2D eigenvalue weighted by Crippen LogP contribution is 2.32. The number of ether oxygens (including phenoxy) is 2. The van der Waals surface area contributed by atoms with Crippen molar-refractivity contribution in [3.05, 3.63) is 35.9 Å². The van der Waals surface area contributed by atoms with Crippen LogP contribution in [0.1, 0.15) is 67.4 Å². The molecule has 5 atom stereocenters. The Balaban J connectivity index is 2.14. The highest BCUT2D eigenvalue weighted by atomic mass is 16.6. The summed E-state index contributed by atoms with van der Waals surface area (Å²) in [6.07, 6.45) is -0.199. The standard InChI is InChI=1S/C27H40N2O6/c1-9-16(2)18-19(35-24(18)32)22(30)28-20(26(3,4)5)23(31)29-21(27(6,7)8)25(33)34-15-17-13-11-10-12-14-17/h10-14,16,18-21H,9,15H2,1-8H3,(H,28,30)(H,29,31)/t16-,18-,19+,20+,21+/m0/s1. The van der Waals surface area contributed by atoms with Gasteiger partial charge in [-0.05, 0) is 22.3 Å². The third-order valence-corrected chi connectivity index (χ3v) is 6.38. The van der Waals surface area contributed by atoms with Crippen molar-refractivity contribution in [2.24, 2.45) is 22.7 Å². The average Bonchev–Trinajstić information content (AvgIpc) is 2.76. The normalized spacial score (nSPS) is 20.5. The van der Waals surface area contributed by atoms with Crippen LogP contribution in [0.3, 0.4) is 0 Å². The molecule has 194 valence electrons. The number of amides is 2. The third kappa shape index (κ3) is 7.29. The van der Waals surface area contributed by atoms with Gasteiger partial charge < -0.3 is 20.1 Å². The third-order valence-electron chi connectivity index (χ3n) is 6.38. The summed E-state index contributed by atoms with van der Waals surface area (Å²) in [5, 5.41) is 5.56. The molecule has 1 fully saturated rings. The molecule has 1 saturated heterocycles. The molecule has 8 heteroatoms. The van der Waals surface area contributed by atoms with Crippen LogP contribution in [0.2, 0.25) is 0 Å². The summed E-state index contributed by atoms with van der Waals surface area (Å²) in [5.41, 5.74) is -0.470. The van der Waals surface area contributed by atoms with Gasteiger partial charge in [-0.2, -0.15) is 0 Å². The Kier molecular flexibility index (Phi) is 9.09.